The van der Waals surface area contributed by atoms with E-state index in [1.165, 1.54) is 5.56 Å². The number of ether oxygens (including phenoxy) is 1. The smallest absolute Gasteiger partial charge is 0.0915 e. The molecule has 1 N–H and O–H groups in total. The van der Waals surface area contributed by atoms with Gasteiger partial charge in [-0.1, -0.05) is 23.7 Å². The molecule has 3 nitrogen and oxygen atoms in total. The van der Waals surface area contributed by atoms with E-state index >= 15 is 0 Å². The summed E-state index contributed by atoms with van der Waals surface area (Å²) < 4.78 is 4.90. The van der Waals surface area contributed by atoms with Gasteiger partial charge in [-0.15, -0.1) is 0 Å². The van der Waals surface area contributed by atoms with E-state index in [9.17, 15) is 0 Å². The van der Waals surface area contributed by atoms with Gasteiger partial charge in [-0.25, -0.2) is 0 Å². The molecule has 1 aliphatic carbocycles. The molecule has 1 aliphatic rings. The zero-order chi connectivity index (χ0) is 12.1. The molecule has 0 aromatic heterocycles. The van der Waals surface area contributed by atoms with Crippen molar-refractivity contribution >= 4 is 11.6 Å². The molecule has 1 fully saturated rings. The molecule has 1 saturated carbocycles. The monoisotopic (exact) mass is 255 g/mol. The van der Waals surface area contributed by atoms with E-state index in [2.05, 4.69) is 17.6 Å². The Hall–Kier alpha value is -0.610. The molecule has 1 aromatic rings. The van der Waals surface area contributed by atoms with Crippen LogP contribution in [-0.4, -0.2) is 26.4 Å². The maximum absolute atomic E-state index is 5.86. The second-order valence-electron chi connectivity index (χ2n) is 4.38. The molecular formula is C13H18ClNO2. The van der Waals surface area contributed by atoms with Gasteiger partial charge in [0, 0.05) is 18.2 Å². The molecule has 0 aliphatic heterocycles. The average molecular weight is 256 g/mol. The lowest BCUT2D eigenvalue weighted by Crippen LogP contribution is -2.40. The third-order valence-electron chi connectivity index (χ3n) is 3.12. The maximum Gasteiger partial charge on any atom is 0.0915 e. The number of hydroxylamine groups is 1. The Bertz CT molecular complexity index is 336. The van der Waals surface area contributed by atoms with E-state index in [4.69, 9.17) is 21.2 Å². The zero-order valence-corrected chi connectivity index (χ0v) is 10.7. The largest absolute Gasteiger partial charge is 0.382 e. The zero-order valence-electron chi connectivity index (χ0n) is 9.99. The molecule has 0 heterocycles. The van der Waals surface area contributed by atoms with Crippen LogP contribution in [0.15, 0.2) is 24.3 Å². The van der Waals surface area contributed by atoms with Crippen molar-refractivity contribution in [3.8, 4) is 0 Å². The highest BCUT2D eigenvalue weighted by atomic mass is 35.5. The fraction of sp³-hybridized carbons (Fsp3) is 0.538. The minimum Gasteiger partial charge on any atom is -0.382 e. The van der Waals surface area contributed by atoms with Crippen LogP contribution in [0.2, 0.25) is 5.02 Å². The number of benzene rings is 1. The Kier molecular flexibility index (Phi) is 4.80. The van der Waals surface area contributed by atoms with Gasteiger partial charge < -0.3 is 4.74 Å². The summed E-state index contributed by atoms with van der Waals surface area (Å²) >= 11 is 5.86. The molecular weight excluding hydrogens is 238 g/mol. The van der Waals surface area contributed by atoms with Crippen LogP contribution in [0.5, 0.6) is 0 Å². The number of halogens is 1. The van der Waals surface area contributed by atoms with Gasteiger partial charge in [0.05, 0.1) is 13.2 Å². The van der Waals surface area contributed by atoms with Crippen LogP contribution in [0.3, 0.4) is 0 Å². The van der Waals surface area contributed by atoms with Gasteiger partial charge in [-0.05, 0) is 36.5 Å². The highest BCUT2D eigenvalue weighted by Crippen LogP contribution is 2.37. The van der Waals surface area contributed by atoms with Crippen molar-refractivity contribution in [3.05, 3.63) is 34.9 Å². The van der Waals surface area contributed by atoms with Crippen LogP contribution < -0.4 is 5.48 Å². The predicted molar refractivity (Wildman–Crippen MR) is 68.2 cm³/mol. The van der Waals surface area contributed by atoms with E-state index in [0.29, 0.717) is 25.2 Å². The van der Waals surface area contributed by atoms with Crippen LogP contribution in [0.1, 0.15) is 24.3 Å². The number of rotatable bonds is 6. The molecule has 2 rings (SSSR count). The van der Waals surface area contributed by atoms with E-state index in [0.717, 1.165) is 17.9 Å². The van der Waals surface area contributed by atoms with Gasteiger partial charge in [0.15, 0.2) is 0 Å². The van der Waals surface area contributed by atoms with Gasteiger partial charge in [-0.3, -0.25) is 4.84 Å². The Morgan fingerprint density at radius 3 is 2.59 bits per heavy atom. The molecule has 0 spiro atoms. The summed E-state index contributed by atoms with van der Waals surface area (Å²) in [5.74, 6) is 0.635. The van der Waals surface area contributed by atoms with Crippen molar-refractivity contribution in [2.24, 2.45) is 0 Å². The summed E-state index contributed by atoms with van der Waals surface area (Å²) in [7, 11) is 1.67. The van der Waals surface area contributed by atoms with Gasteiger partial charge in [0.1, 0.15) is 0 Å². The maximum atomic E-state index is 5.86. The predicted octanol–water partition coefficient (Wildman–Crippen LogP) is 2.75. The molecule has 0 atom stereocenters. The lowest BCUT2D eigenvalue weighted by atomic mass is 9.76. The van der Waals surface area contributed by atoms with Crippen molar-refractivity contribution in [1.82, 2.24) is 5.48 Å². The van der Waals surface area contributed by atoms with Crippen LogP contribution in [0.25, 0.3) is 0 Å². The fourth-order valence-corrected chi connectivity index (χ4v) is 2.15. The Morgan fingerprint density at radius 2 is 1.94 bits per heavy atom. The highest BCUT2D eigenvalue weighted by molar-refractivity contribution is 6.30. The number of hydrogen-bond acceptors (Lipinski definition) is 3. The normalized spacial score (nSPS) is 23.4. The summed E-state index contributed by atoms with van der Waals surface area (Å²) in [6.07, 6.45) is 2.24. The standard InChI is InChI=1S/C13H18ClNO2/c1-16-6-7-17-15-13-8-11(9-13)10-2-4-12(14)5-3-10/h2-5,11,13,15H,6-9H2,1H3. The van der Waals surface area contributed by atoms with Crippen molar-refractivity contribution < 1.29 is 9.57 Å². The molecule has 17 heavy (non-hydrogen) atoms. The van der Waals surface area contributed by atoms with Crippen LogP contribution >= 0.6 is 11.6 Å². The van der Waals surface area contributed by atoms with Crippen molar-refractivity contribution in [3.63, 3.8) is 0 Å². The second kappa shape index (κ2) is 6.36. The Labute approximate surface area is 107 Å². The highest BCUT2D eigenvalue weighted by Gasteiger charge is 2.30. The first-order chi connectivity index (χ1) is 8.29. The molecule has 0 radical (unpaired) electrons. The summed E-state index contributed by atoms with van der Waals surface area (Å²) in [6, 6.07) is 8.58. The molecule has 0 unspecified atom stereocenters. The molecule has 0 saturated heterocycles. The van der Waals surface area contributed by atoms with E-state index in [1.54, 1.807) is 7.11 Å². The quantitative estimate of drug-likeness (QED) is 0.626. The van der Waals surface area contributed by atoms with Gasteiger partial charge >= 0.3 is 0 Å². The van der Waals surface area contributed by atoms with Crippen LogP contribution in [0, 0.1) is 0 Å². The van der Waals surface area contributed by atoms with Crippen LogP contribution in [-0.2, 0) is 9.57 Å². The summed E-state index contributed by atoms with van der Waals surface area (Å²) in [5, 5.41) is 0.797. The molecule has 4 heteroatoms. The van der Waals surface area contributed by atoms with Crippen LogP contribution in [0.4, 0.5) is 0 Å². The number of hydrogen-bond donors (Lipinski definition) is 1. The molecule has 1 aromatic carbocycles. The molecule has 94 valence electrons. The Morgan fingerprint density at radius 1 is 1.24 bits per heavy atom. The topological polar surface area (TPSA) is 30.5 Å². The lowest BCUT2D eigenvalue weighted by molar-refractivity contribution is -0.0303. The van der Waals surface area contributed by atoms with E-state index in [-0.39, 0.29) is 0 Å². The van der Waals surface area contributed by atoms with Crippen molar-refractivity contribution in [1.29, 1.82) is 0 Å². The lowest BCUT2D eigenvalue weighted by Gasteiger charge is -2.35. The third kappa shape index (κ3) is 3.68. The first-order valence-corrected chi connectivity index (χ1v) is 6.29. The SMILES string of the molecule is COCCONC1CC(c2ccc(Cl)cc2)C1. The average Bonchev–Trinajstić information content (AvgIpc) is 2.28. The summed E-state index contributed by atoms with van der Waals surface area (Å²) in [5.41, 5.74) is 4.42. The first kappa shape index (κ1) is 12.8. The Balaban J connectivity index is 1.66. The number of nitrogens with one attached hydrogen (secondary N) is 1. The molecule has 0 amide bonds. The van der Waals surface area contributed by atoms with E-state index in [1.807, 2.05) is 12.1 Å². The summed E-state index contributed by atoms with van der Waals surface area (Å²) in [4.78, 5) is 5.29. The van der Waals surface area contributed by atoms with Crippen molar-refractivity contribution in [2.75, 3.05) is 20.3 Å². The first-order valence-electron chi connectivity index (χ1n) is 5.91. The van der Waals surface area contributed by atoms with Gasteiger partial charge in [-0.2, -0.15) is 5.48 Å². The summed E-state index contributed by atoms with van der Waals surface area (Å²) in [6.45, 7) is 1.22. The van der Waals surface area contributed by atoms with Crippen molar-refractivity contribution in [2.45, 2.75) is 24.8 Å². The minimum absolute atomic E-state index is 0.465. The fourth-order valence-electron chi connectivity index (χ4n) is 2.02. The van der Waals surface area contributed by atoms with Gasteiger partial charge in [0.25, 0.3) is 0 Å². The van der Waals surface area contributed by atoms with E-state index < -0.39 is 0 Å². The number of methoxy groups -OCH3 is 1. The molecule has 0 bridgehead atoms. The second-order valence-corrected chi connectivity index (χ2v) is 4.81. The minimum atomic E-state index is 0.465. The third-order valence-corrected chi connectivity index (χ3v) is 3.37. The van der Waals surface area contributed by atoms with Gasteiger partial charge in [0.2, 0.25) is 0 Å².